The van der Waals surface area contributed by atoms with Gasteiger partial charge in [0.1, 0.15) is 0 Å². The maximum Gasteiger partial charge on any atom is 0.227 e. The van der Waals surface area contributed by atoms with Crippen LogP contribution in [0.1, 0.15) is 11.3 Å². The lowest BCUT2D eigenvalue weighted by Gasteiger charge is -2.13. The second kappa shape index (κ2) is 4.29. The highest BCUT2D eigenvalue weighted by Gasteiger charge is 2.15. The molecule has 4 heteroatoms. The van der Waals surface area contributed by atoms with E-state index in [9.17, 15) is 0 Å². The molecular formula is C14H16N4. The minimum atomic E-state index is 0.649. The van der Waals surface area contributed by atoms with E-state index in [0.717, 1.165) is 24.3 Å². The number of benzene rings is 1. The number of hydrogen-bond donors (Lipinski definition) is 1. The fourth-order valence-electron chi connectivity index (χ4n) is 2.26. The molecular weight excluding hydrogens is 224 g/mol. The van der Waals surface area contributed by atoms with Crippen molar-refractivity contribution < 1.29 is 0 Å². The van der Waals surface area contributed by atoms with Gasteiger partial charge >= 0.3 is 0 Å². The van der Waals surface area contributed by atoms with Crippen LogP contribution in [0.2, 0.25) is 0 Å². The first-order valence-corrected chi connectivity index (χ1v) is 6.13. The smallest absolute Gasteiger partial charge is 0.227 e. The number of rotatable bonds is 2. The summed E-state index contributed by atoms with van der Waals surface area (Å²) in [5, 5.41) is 3.25. The molecule has 0 saturated carbocycles. The third kappa shape index (κ3) is 2.01. The van der Waals surface area contributed by atoms with Crippen molar-refractivity contribution >= 4 is 17.3 Å². The van der Waals surface area contributed by atoms with Crippen molar-refractivity contribution in [2.24, 2.45) is 0 Å². The summed E-state index contributed by atoms with van der Waals surface area (Å²) in [7, 11) is 2.12. The van der Waals surface area contributed by atoms with Crippen molar-refractivity contribution in [3.8, 4) is 0 Å². The number of nitrogens with one attached hydrogen (secondary N) is 1. The van der Waals surface area contributed by atoms with Crippen LogP contribution in [0.3, 0.4) is 0 Å². The van der Waals surface area contributed by atoms with E-state index in [1.54, 1.807) is 6.20 Å². The molecule has 2 heterocycles. The van der Waals surface area contributed by atoms with Gasteiger partial charge in [0.2, 0.25) is 5.95 Å². The molecule has 1 aromatic carbocycles. The molecule has 2 aromatic rings. The molecule has 1 aromatic heterocycles. The van der Waals surface area contributed by atoms with Gasteiger partial charge in [-0.15, -0.1) is 0 Å². The normalized spacial score (nSPS) is 13.6. The van der Waals surface area contributed by atoms with Crippen molar-refractivity contribution in [2.75, 3.05) is 23.8 Å². The molecule has 0 fully saturated rings. The van der Waals surface area contributed by atoms with E-state index >= 15 is 0 Å². The second-order valence-electron chi connectivity index (χ2n) is 4.66. The highest BCUT2D eigenvalue weighted by atomic mass is 15.1. The van der Waals surface area contributed by atoms with E-state index in [-0.39, 0.29) is 0 Å². The number of likely N-dealkylation sites (N-methyl/N-ethyl adjacent to an activating group) is 1. The molecule has 0 bridgehead atoms. The Balaban J connectivity index is 1.88. The molecule has 0 atom stereocenters. The average Bonchev–Trinajstić information content (AvgIpc) is 2.71. The lowest BCUT2D eigenvalue weighted by atomic mass is 10.1. The molecule has 0 unspecified atom stereocenters. The van der Waals surface area contributed by atoms with Crippen LogP contribution in [-0.2, 0) is 6.42 Å². The van der Waals surface area contributed by atoms with Gasteiger partial charge in [-0.1, -0.05) is 6.07 Å². The quantitative estimate of drug-likeness (QED) is 0.875. The van der Waals surface area contributed by atoms with Gasteiger partial charge in [0.05, 0.1) is 0 Å². The molecule has 1 aliphatic rings. The van der Waals surface area contributed by atoms with E-state index in [2.05, 4.69) is 45.4 Å². The Morgan fingerprint density at radius 2 is 2.17 bits per heavy atom. The number of fused-ring (bicyclic) bond motifs is 1. The van der Waals surface area contributed by atoms with Crippen LogP contribution in [0.15, 0.2) is 30.5 Å². The Morgan fingerprint density at radius 3 is 3.00 bits per heavy atom. The molecule has 92 valence electrons. The minimum Gasteiger partial charge on any atom is -0.374 e. The molecule has 0 radical (unpaired) electrons. The SMILES string of the molecule is Cc1ccnc(Nc2ccc3c(c2)N(C)CC3)n1. The Morgan fingerprint density at radius 1 is 1.28 bits per heavy atom. The van der Waals surface area contributed by atoms with Gasteiger partial charge in [0.15, 0.2) is 0 Å². The van der Waals surface area contributed by atoms with Crippen LogP contribution in [0.5, 0.6) is 0 Å². The van der Waals surface area contributed by atoms with Crippen molar-refractivity contribution in [3.63, 3.8) is 0 Å². The summed E-state index contributed by atoms with van der Waals surface area (Å²) in [6, 6.07) is 8.32. The van der Waals surface area contributed by atoms with Gasteiger partial charge in [0.25, 0.3) is 0 Å². The molecule has 1 N–H and O–H groups in total. The van der Waals surface area contributed by atoms with Crippen LogP contribution in [0.4, 0.5) is 17.3 Å². The van der Waals surface area contributed by atoms with Gasteiger partial charge in [-0.05, 0) is 37.1 Å². The Kier molecular flexibility index (Phi) is 2.63. The lowest BCUT2D eigenvalue weighted by molar-refractivity contribution is 0.956. The van der Waals surface area contributed by atoms with E-state index in [1.807, 2.05) is 13.0 Å². The maximum absolute atomic E-state index is 4.35. The third-order valence-electron chi connectivity index (χ3n) is 3.26. The lowest BCUT2D eigenvalue weighted by Crippen LogP contribution is -2.12. The van der Waals surface area contributed by atoms with Gasteiger partial charge in [0, 0.05) is 36.9 Å². The molecule has 18 heavy (non-hydrogen) atoms. The summed E-state index contributed by atoms with van der Waals surface area (Å²) < 4.78 is 0. The summed E-state index contributed by atoms with van der Waals surface area (Å²) in [5.41, 5.74) is 4.71. The first-order valence-electron chi connectivity index (χ1n) is 6.13. The number of aryl methyl sites for hydroxylation is 1. The van der Waals surface area contributed by atoms with Crippen LogP contribution in [0, 0.1) is 6.92 Å². The van der Waals surface area contributed by atoms with Gasteiger partial charge in [-0.3, -0.25) is 0 Å². The van der Waals surface area contributed by atoms with Gasteiger partial charge in [-0.2, -0.15) is 0 Å². The van der Waals surface area contributed by atoms with Crippen LogP contribution in [-0.4, -0.2) is 23.6 Å². The first kappa shape index (κ1) is 11.0. The summed E-state index contributed by atoms with van der Waals surface area (Å²) in [5.74, 6) is 0.649. The van der Waals surface area contributed by atoms with Crippen molar-refractivity contribution in [2.45, 2.75) is 13.3 Å². The van der Waals surface area contributed by atoms with E-state index in [1.165, 1.54) is 11.3 Å². The van der Waals surface area contributed by atoms with E-state index in [0.29, 0.717) is 5.95 Å². The second-order valence-corrected chi connectivity index (χ2v) is 4.66. The fraction of sp³-hybridized carbons (Fsp3) is 0.286. The zero-order valence-corrected chi connectivity index (χ0v) is 10.6. The predicted octanol–water partition coefficient (Wildman–Crippen LogP) is 2.52. The fourth-order valence-corrected chi connectivity index (χ4v) is 2.26. The average molecular weight is 240 g/mol. The molecule has 1 aliphatic heterocycles. The third-order valence-corrected chi connectivity index (χ3v) is 3.26. The topological polar surface area (TPSA) is 41.1 Å². The number of hydrogen-bond acceptors (Lipinski definition) is 4. The highest BCUT2D eigenvalue weighted by Crippen LogP contribution is 2.30. The van der Waals surface area contributed by atoms with Gasteiger partial charge < -0.3 is 10.2 Å². The molecule has 4 nitrogen and oxygen atoms in total. The number of anilines is 3. The molecule has 0 amide bonds. The molecule has 0 saturated heterocycles. The molecule has 3 rings (SSSR count). The summed E-state index contributed by atoms with van der Waals surface area (Å²) in [6.45, 7) is 3.06. The summed E-state index contributed by atoms with van der Waals surface area (Å²) in [6.07, 6.45) is 2.90. The van der Waals surface area contributed by atoms with E-state index in [4.69, 9.17) is 0 Å². The van der Waals surface area contributed by atoms with Crippen LogP contribution < -0.4 is 10.2 Å². The standard InChI is InChI=1S/C14H16N4/c1-10-5-7-15-14(16-10)17-12-4-3-11-6-8-18(2)13(11)9-12/h3-5,7,9H,6,8H2,1-2H3,(H,15,16,17). The van der Waals surface area contributed by atoms with Gasteiger partial charge in [-0.25, -0.2) is 9.97 Å². The zero-order valence-electron chi connectivity index (χ0n) is 10.6. The Labute approximate surface area is 107 Å². The Bertz CT molecular complexity index is 580. The molecule has 0 aliphatic carbocycles. The monoisotopic (exact) mass is 240 g/mol. The number of aromatic nitrogens is 2. The predicted molar refractivity (Wildman–Crippen MR) is 73.5 cm³/mol. The first-order chi connectivity index (χ1) is 8.72. The van der Waals surface area contributed by atoms with Crippen molar-refractivity contribution in [1.82, 2.24) is 9.97 Å². The highest BCUT2D eigenvalue weighted by molar-refractivity contribution is 5.67. The Hall–Kier alpha value is -2.10. The zero-order chi connectivity index (χ0) is 12.5. The minimum absolute atomic E-state index is 0.649. The van der Waals surface area contributed by atoms with E-state index < -0.39 is 0 Å². The summed E-state index contributed by atoms with van der Waals surface area (Å²) in [4.78, 5) is 10.8. The summed E-state index contributed by atoms with van der Waals surface area (Å²) >= 11 is 0. The van der Waals surface area contributed by atoms with Crippen LogP contribution in [0.25, 0.3) is 0 Å². The van der Waals surface area contributed by atoms with Crippen molar-refractivity contribution in [3.05, 3.63) is 41.7 Å². The molecule has 0 spiro atoms. The largest absolute Gasteiger partial charge is 0.374 e. The maximum atomic E-state index is 4.35. The van der Waals surface area contributed by atoms with Crippen LogP contribution >= 0.6 is 0 Å². The number of nitrogens with zero attached hydrogens (tertiary/aromatic N) is 3. The van der Waals surface area contributed by atoms with Crippen molar-refractivity contribution in [1.29, 1.82) is 0 Å².